The Labute approximate surface area is 345 Å². The van der Waals surface area contributed by atoms with E-state index in [1.807, 2.05) is 0 Å². The van der Waals surface area contributed by atoms with Crippen LogP contribution in [-0.2, 0) is 32.5 Å². The topological polar surface area (TPSA) is 6.48 Å². The Morgan fingerprint density at radius 1 is 0.456 bits per heavy atom. The van der Waals surface area contributed by atoms with Crippen LogP contribution in [0.2, 0.25) is 0 Å². The third-order valence-corrected chi connectivity index (χ3v) is 14.5. The minimum Gasteiger partial charge on any atom is -0.311 e. The molecular weight excluding hydrogens is 687 g/mol. The van der Waals surface area contributed by atoms with Crippen LogP contribution in [0, 0.1) is 13.8 Å². The Bertz CT molecular complexity index is 2530. The van der Waals surface area contributed by atoms with Crippen molar-refractivity contribution in [3.05, 3.63) is 123 Å². The average molecular weight is 753 g/mol. The minimum absolute atomic E-state index is 0.00859. The predicted molar refractivity (Wildman–Crippen MR) is 249 cm³/mol. The lowest BCUT2D eigenvalue weighted by molar-refractivity contribution is 0.403. The Hall–Kier alpha value is -4.24. The van der Waals surface area contributed by atoms with E-state index in [0.29, 0.717) is 0 Å². The van der Waals surface area contributed by atoms with E-state index in [4.69, 9.17) is 0 Å². The second kappa shape index (κ2) is 11.7. The van der Waals surface area contributed by atoms with Crippen molar-refractivity contribution in [1.82, 2.24) is 0 Å². The monoisotopic (exact) mass is 753 g/mol. The van der Waals surface area contributed by atoms with E-state index in [1.165, 1.54) is 95.0 Å². The first-order valence-electron chi connectivity index (χ1n) is 21.6. The highest BCUT2D eigenvalue weighted by Gasteiger charge is 2.49. The van der Waals surface area contributed by atoms with E-state index >= 15 is 0 Å². The van der Waals surface area contributed by atoms with Gasteiger partial charge in [0.05, 0.1) is 0 Å². The summed E-state index contributed by atoms with van der Waals surface area (Å²) in [7, 11) is 0. The molecule has 3 heteroatoms. The van der Waals surface area contributed by atoms with Crippen molar-refractivity contribution in [2.75, 3.05) is 9.80 Å². The lowest BCUT2D eigenvalue weighted by Crippen LogP contribution is -2.61. The highest BCUT2D eigenvalue weighted by Crippen LogP contribution is 2.55. The van der Waals surface area contributed by atoms with E-state index in [0.717, 1.165) is 12.8 Å². The second-order valence-corrected chi connectivity index (χ2v) is 23.2. The molecule has 0 radical (unpaired) electrons. The number of benzene rings is 5. The maximum Gasteiger partial charge on any atom is 0.252 e. The first-order valence-corrected chi connectivity index (χ1v) is 21.6. The zero-order valence-corrected chi connectivity index (χ0v) is 37.9. The molecule has 0 atom stereocenters. The fraction of sp³-hybridized carbons (Fsp3) is 0.444. The summed E-state index contributed by atoms with van der Waals surface area (Å²) in [5.74, 6) is 0. The standard InChI is InChI=1S/C54H65BN2/c1-32-23-46-48-47(24-32)57(43-25-34(49(3,4)5)18-17-33(43)2)44-26-35(50(6,7)8)19-22-41(44)55(48)42-28-39-40(54(15,16)31-53(39,13)14)29-45(42)56(46)36-20-21-37-38(27-36)52(11,12)30-51(37,9)10/h17-29H,30-31H2,1-16H3. The Morgan fingerprint density at radius 3 is 1.54 bits per heavy atom. The molecule has 0 saturated heterocycles. The smallest absolute Gasteiger partial charge is 0.252 e. The van der Waals surface area contributed by atoms with Gasteiger partial charge >= 0.3 is 0 Å². The molecule has 0 fully saturated rings. The number of aryl methyl sites for hydroxylation is 2. The van der Waals surface area contributed by atoms with E-state index in [-0.39, 0.29) is 39.2 Å². The number of nitrogens with zero attached hydrogens (tertiary/aromatic N) is 2. The van der Waals surface area contributed by atoms with Crippen molar-refractivity contribution in [2.45, 2.75) is 156 Å². The van der Waals surface area contributed by atoms with Crippen molar-refractivity contribution in [2.24, 2.45) is 0 Å². The molecule has 2 aliphatic heterocycles. The molecule has 294 valence electrons. The fourth-order valence-corrected chi connectivity index (χ4v) is 12.0. The number of fused-ring (bicyclic) bond motifs is 6. The molecule has 2 nitrogen and oxygen atoms in total. The molecule has 57 heavy (non-hydrogen) atoms. The van der Waals surface area contributed by atoms with Crippen molar-refractivity contribution in [3.8, 4) is 0 Å². The van der Waals surface area contributed by atoms with E-state index in [1.54, 1.807) is 0 Å². The largest absolute Gasteiger partial charge is 0.311 e. The van der Waals surface area contributed by atoms with Gasteiger partial charge in [-0.1, -0.05) is 133 Å². The van der Waals surface area contributed by atoms with E-state index in [9.17, 15) is 0 Å². The lowest BCUT2D eigenvalue weighted by Gasteiger charge is -2.45. The average Bonchev–Trinajstić information content (AvgIpc) is 3.40. The van der Waals surface area contributed by atoms with Gasteiger partial charge < -0.3 is 9.80 Å². The molecule has 4 aliphatic rings. The molecule has 0 saturated carbocycles. The molecule has 0 aromatic heterocycles. The van der Waals surface area contributed by atoms with Gasteiger partial charge in [-0.15, -0.1) is 0 Å². The molecule has 0 amide bonds. The van der Waals surface area contributed by atoms with Gasteiger partial charge in [0, 0.05) is 34.1 Å². The van der Waals surface area contributed by atoms with Crippen LogP contribution in [-0.4, -0.2) is 6.71 Å². The first-order chi connectivity index (χ1) is 26.3. The van der Waals surface area contributed by atoms with Crippen molar-refractivity contribution >= 4 is 57.2 Å². The maximum atomic E-state index is 2.67. The zero-order chi connectivity index (χ0) is 41.2. The summed E-state index contributed by atoms with van der Waals surface area (Å²) < 4.78 is 0. The number of rotatable bonds is 2. The molecule has 2 heterocycles. The summed E-state index contributed by atoms with van der Waals surface area (Å²) in [6.07, 6.45) is 2.30. The lowest BCUT2D eigenvalue weighted by atomic mass is 9.33. The highest BCUT2D eigenvalue weighted by atomic mass is 15.2. The summed E-state index contributed by atoms with van der Waals surface area (Å²) >= 11 is 0. The van der Waals surface area contributed by atoms with Crippen LogP contribution in [0.15, 0.2) is 78.9 Å². The molecule has 0 unspecified atom stereocenters. The number of hydrogen-bond donors (Lipinski definition) is 0. The van der Waals surface area contributed by atoms with Crippen LogP contribution in [0.3, 0.4) is 0 Å². The normalized spacial score (nSPS) is 19.2. The van der Waals surface area contributed by atoms with Crippen molar-refractivity contribution < 1.29 is 0 Å². The van der Waals surface area contributed by atoms with Gasteiger partial charge in [-0.3, -0.25) is 0 Å². The zero-order valence-electron chi connectivity index (χ0n) is 37.9. The third kappa shape index (κ3) is 5.64. The third-order valence-electron chi connectivity index (χ3n) is 14.5. The molecule has 2 aliphatic carbocycles. The summed E-state index contributed by atoms with van der Waals surface area (Å²) in [4.78, 5) is 5.32. The molecule has 0 spiro atoms. The van der Waals surface area contributed by atoms with Crippen LogP contribution < -0.4 is 26.2 Å². The fourth-order valence-electron chi connectivity index (χ4n) is 12.0. The van der Waals surface area contributed by atoms with Crippen LogP contribution in [0.4, 0.5) is 34.1 Å². The van der Waals surface area contributed by atoms with E-state index in [2.05, 4.69) is 199 Å². The number of anilines is 6. The summed E-state index contributed by atoms with van der Waals surface area (Å²) in [6.45, 7) is 38.4. The van der Waals surface area contributed by atoms with Gasteiger partial charge in [-0.05, 0) is 163 Å². The van der Waals surface area contributed by atoms with Gasteiger partial charge in [-0.25, -0.2) is 0 Å². The van der Waals surface area contributed by atoms with Crippen LogP contribution in [0.5, 0.6) is 0 Å². The van der Waals surface area contributed by atoms with Gasteiger partial charge in [0.15, 0.2) is 0 Å². The minimum atomic E-state index is 0.00859. The molecule has 9 rings (SSSR count). The van der Waals surface area contributed by atoms with Gasteiger partial charge in [0.1, 0.15) is 0 Å². The molecular formula is C54H65BN2. The SMILES string of the molecule is Cc1cc2c3c(c1)N(c1cc(C(C)(C)C)ccc1C)c1cc(C(C)(C)C)ccc1B3c1cc3c(cc1N2c1ccc2c(c1)C(C)(C)CC2(C)C)C(C)(C)CC3(C)C. The van der Waals surface area contributed by atoms with Crippen LogP contribution in [0.25, 0.3) is 0 Å². The van der Waals surface area contributed by atoms with Gasteiger partial charge in [0.2, 0.25) is 0 Å². The number of hydrogen-bond acceptors (Lipinski definition) is 2. The Balaban J connectivity index is 1.41. The van der Waals surface area contributed by atoms with E-state index < -0.39 is 0 Å². The highest BCUT2D eigenvalue weighted by molar-refractivity contribution is 7.00. The van der Waals surface area contributed by atoms with Gasteiger partial charge in [0.25, 0.3) is 6.71 Å². The first kappa shape index (κ1) is 38.3. The predicted octanol–water partition coefficient (Wildman–Crippen LogP) is 12.9. The molecule has 0 N–H and O–H groups in total. The summed E-state index contributed by atoms with van der Waals surface area (Å²) in [5, 5.41) is 0. The molecule has 5 aromatic carbocycles. The Kier molecular flexibility index (Phi) is 7.86. The van der Waals surface area contributed by atoms with Gasteiger partial charge in [-0.2, -0.15) is 0 Å². The summed E-state index contributed by atoms with van der Waals surface area (Å²) in [5.41, 5.74) is 23.8. The Morgan fingerprint density at radius 2 is 0.947 bits per heavy atom. The summed E-state index contributed by atoms with van der Waals surface area (Å²) in [6, 6.07) is 32.3. The quantitative estimate of drug-likeness (QED) is 0.162. The van der Waals surface area contributed by atoms with Crippen molar-refractivity contribution in [3.63, 3.8) is 0 Å². The second-order valence-electron chi connectivity index (χ2n) is 23.2. The molecule has 5 aromatic rings. The maximum absolute atomic E-state index is 2.67. The van der Waals surface area contributed by atoms with Crippen LogP contribution >= 0.6 is 0 Å². The molecule has 0 bridgehead atoms. The van der Waals surface area contributed by atoms with Crippen LogP contribution in [0.1, 0.15) is 154 Å². The van der Waals surface area contributed by atoms with Crippen molar-refractivity contribution in [1.29, 1.82) is 0 Å².